The Morgan fingerprint density at radius 3 is 2.62 bits per heavy atom. The Kier molecular flexibility index (Phi) is 3.57. The van der Waals surface area contributed by atoms with Crippen molar-refractivity contribution in [2.24, 2.45) is 11.1 Å². The van der Waals surface area contributed by atoms with E-state index in [1.165, 1.54) is 0 Å². The van der Waals surface area contributed by atoms with Crippen LogP contribution >= 0.6 is 12.2 Å². The molecular weight excluding hydrogens is 222 g/mol. The molecule has 0 unspecified atom stereocenters. The van der Waals surface area contributed by atoms with Crippen LogP contribution in [0.3, 0.4) is 0 Å². The van der Waals surface area contributed by atoms with Crippen molar-refractivity contribution < 1.29 is 4.79 Å². The lowest BCUT2D eigenvalue weighted by atomic mass is 9.92. The van der Waals surface area contributed by atoms with E-state index in [-0.39, 0.29) is 5.91 Å². The average Bonchev–Trinajstić information content (AvgIpc) is 2.47. The molecule has 90 valence electrons. The Morgan fingerprint density at radius 1 is 1.62 bits per heavy atom. The molecule has 3 N–H and O–H groups in total. The summed E-state index contributed by atoms with van der Waals surface area (Å²) in [4.78, 5) is 14.3. The second-order valence-electron chi connectivity index (χ2n) is 5.01. The molecule has 1 aromatic heterocycles. The van der Waals surface area contributed by atoms with Crippen LogP contribution in [0.2, 0.25) is 0 Å². The summed E-state index contributed by atoms with van der Waals surface area (Å²) in [6.45, 7) is 8.35. The van der Waals surface area contributed by atoms with E-state index in [1.807, 2.05) is 24.6 Å². The number of aromatic amines is 1. The first-order chi connectivity index (χ1) is 7.25. The number of nitrogens with zero attached hydrogens (tertiary/aromatic N) is 1. The molecule has 0 atom stereocenters. The zero-order valence-corrected chi connectivity index (χ0v) is 11.0. The monoisotopic (exact) mass is 241 g/mol. The van der Waals surface area contributed by atoms with Crippen molar-refractivity contribution in [3.8, 4) is 0 Å². The summed E-state index contributed by atoms with van der Waals surface area (Å²) in [6, 6.07) is 0. The molecule has 1 rings (SSSR count). The molecule has 1 amide bonds. The van der Waals surface area contributed by atoms with Gasteiger partial charge in [-0.25, -0.2) is 0 Å². The Bertz CT molecular complexity index is 442. The van der Waals surface area contributed by atoms with Gasteiger partial charge in [-0.05, 0) is 32.0 Å². The lowest BCUT2D eigenvalue weighted by molar-refractivity contribution is -0.126. The highest BCUT2D eigenvalue weighted by atomic mass is 32.1. The van der Waals surface area contributed by atoms with Gasteiger partial charge in [0.05, 0.1) is 5.41 Å². The van der Waals surface area contributed by atoms with Crippen LogP contribution in [0.15, 0.2) is 6.20 Å². The highest BCUT2D eigenvalue weighted by Gasteiger charge is 2.27. The lowest BCUT2D eigenvalue weighted by Gasteiger charge is -2.23. The van der Waals surface area contributed by atoms with Crippen molar-refractivity contribution in [3.05, 3.63) is 16.7 Å². The molecular formula is C11H19N3OS. The van der Waals surface area contributed by atoms with E-state index in [9.17, 15) is 4.79 Å². The molecule has 0 saturated carbocycles. The van der Waals surface area contributed by atoms with Gasteiger partial charge in [0.2, 0.25) is 5.91 Å². The van der Waals surface area contributed by atoms with Crippen LogP contribution in [0.4, 0.5) is 0 Å². The third kappa shape index (κ3) is 2.52. The van der Waals surface area contributed by atoms with E-state index in [0.717, 1.165) is 5.69 Å². The number of nitrogens with one attached hydrogen (secondary N) is 1. The first-order valence-corrected chi connectivity index (χ1v) is 5.74. The summed E-state index contributed by atoms with van der Waals surface area (Å²) in [5.41, 5.74) is 5.87. The zero-order chi connectivity index (χ0) is 12.5. The van der Waals surface area contributed by atoms with Gasteiger partial charge >= 0.3 is 0 Å². The summed E-state index contributed by atoms with van der Waals surface area (Å²) >= 11 is 5.20. The highest BCUT2D eigenvalue weighted by Crippen LogP contribution is 2.22. The Labute approximate surface area is 101 Å². The fourth-order valence-corrected chi connectivity index (χ4v) is 1.75. The fourth-order valence-electron chi connectivity index (χ4n) is 1.52. The maximum Gasteiger partial charge on any atom is 0.224 e. The van der Waals surface area contributed by atoms with Crippen LogP contribution in [0.25, 0.3) is 0 Å². The summed E-state index contributed by atoms with van der Waals surface area (Å²) in [6.07, 6.45) is 1.89. The number of rotatable bonds is 4. The number of primary amides is 1. The molecule has 0 saturated heterocycles. The van der Waals surface area contributed by atoms with Gasteiger partial charge in [-0.1, -0.05) is 13.8 Å². The van der Waals surface area contributed by atoms with E-state index in [1.54, 1.807) is 0 Å². The van der Waals surface area contributed by atoms with E-state index >= 15 is 0 Å². The number of carbonyl (C=O) groups is 1. The van der Waals surface area contributed by atoms with Gasteiger partial charge in [-0.2, -0.15) is 0 Å². The minimum atomic E-state index is -0.593. The topological polar surface area (TPSA) is 63.8 Å². The molecule has 0 aliphatic rings. The summed E-state index contributed by atoms with van der Waals surface area (Å²) in [7, 11) is 0. The number of hydrogen-bond donors (Lipinski definition) is 2. The van der Waals surface area contributed by atoms with Crippen LogP contribution < -0.4 is 5.73 Å². The zero-order valence-electron chi connectivity index (χ0n) is 10.2. The molecule has 16 heavy (non-hydrogen) atoms. The second-order valence-corrected chi connectivity index (χ2v) is 5.39. The summed E-state index contributed by atoms with van der Waals surface area (Å²) in [5.74, 6) is 0.0435. The van der Waals surface area contributed by atoms with Crippen LogP contribution in [0.5, 0.6) is 0 Å². The van der Waals surface area contributed by atoms with Crippen molar-refractivity contribution in [1.82, 2.24) is 9.55 Å². The van der Waals surface area contributed by atoms with E-state index < -0.39 is 5.41 Å². The molecule has 0 bridgehead atoms. The molecule has 1 heterocycles. The van der Waals surface area contributed by atoms with Crippen molar-refractivity contribution in [2.75, 3.05) is 0 Å². The van der Waals surface area contributed by atoms with Gasteiger partial charge in [-0.15, -0.1) is 0 Å². The fraction of sp³-hybridized carbons (Fsp3) is 0.636. The quantitative estimate of drug-likeness (QED) is 0.794. The molecule has 0 aliphatic heterocycles. The van der Waals surface area contributed by atoms with Gasteiger partial charge in [0.1, 0.15) is 0 Å². The molecule has 4 nitrogen and oxygen atoms in total. The molecule has 0 spiro atoms. The van der Waals surface area contributed by atoms with Gasteiger partial charge in [0.25, 0.3) is 0 Å². The van der Waals surface area contributed by atoms with Crippen molar-refractivity contribution in [1.29, 1.82) is 0 Å². The summed E-state index contributed by atoms with van der Waals surface area (Å²) in [5, 5.41) is 0. The first-order valence-electron chi connectivity index (χ1n) is 5.33. The minimum absolute atomic E-state index is 0.315. The van der Waals surface area contributed by atoms with Crippen LogP contribution in [0, 0.1) is 10.2 Å². The van der Waals surface area contributed by atoms with Crippen molar-refractivity contribution >= 4 is 18.1 Å². The van der Waals surface area contributed by atoms with E-state index in [0.29, 0.717) is 17.2 Å². The third-order valence-electron chi connectivity index (χ3n) is 2.71. The number of aromatic nitrogens is 2. The smallest absolute Gasteiger partial charge is 0.224 e. The van der Waals surface area contributed by atoms with E-state index in [2.05, 4.69) is 18.8 Å². The summed E-state index contributed by atoms with van der Waals surface area (Å²) < 4.78 is 2.59. The van der Waals surface area contributed by atoms with Crippen LogP contribution in [-0.2, 0) is 11.3 Å². The molecule has 5 heteroatoms. The number of carbonyl (C=O) groups excluding carboxylic acids is 1. The number of hydrogen-bond acceptors (Lipinski definition) is 2. The Morgan fingerprint density at radius 2 is 2.19 bits per heavy atom. The predicted octanol–water partition coefficient (Wildman–Crippen LogP) is 2.18. The molecule has 1 aromatic rings. The lowest BCUT2D eigenvalue weighted by Crippen LogP contribution is -2.35. The van der Waals surface area contributed by atoms with Crippen molar-refractivity contribution in [2.45, 2.75) is 40.2 Å². The average molecular weight is 241 g/mol. The van der Waals surface area contributed by atoms with Crippen LogP contribution in [0.1, 0.15) is 39.3 Å². The van der Waals surface area contributed by atoms with Crippen molar-refractivity contribution in [3.63, 3.8) is 0 Å². The standard InChI is InChI=1S/C11H19N3OS/c1-7(2)8-5-13-10(16)14(8)6-11(3,4)9(12)15/h5,7H,6H2,1-4H3,(H2,12,15)(H,13,16). The van der Waals surface area contributed by atoms with Crippen LogP contribution in [-0.4, -0.2) is 15.5 Å². The molecule has 0 fully saturated rings. The largest absolute Gasteiger partial charge is 0.369 e. The number of imidazole rings is 1. The molecule has 0 aromatic carbocycles. The Balaban J connectivity index is 3.10. The highest BCUT2D eigenvalue weighted by molar-refractivity contribution is 7.71. The van der Waals surface area contributed by atoms with Gasteiger partial charge < -0.3 is 15.3 Å². The van der Waals surface area contributed by atoms with Gasteiger partial charge in [0.15, 0.2) is 4.77 Å². The van der Waals surface area contributed by atoms with Gasteiger partial charge in [0, 0.05) is 18.4 Å². The SMILES string of the molecule is CC(C)c1c[nH]c(=S)n1CC(C)(C)C(N)=O. The second kappa shape index (κ2) is 4.41. The first kappa shape index (κ1) is 13.0. The van der Waals surface area contributed by atoms with Gasteiger partial charge in [-0.3, -0.25) is 4.79 Å². The number of H-pyrrole nitrogens is 1. The molecule has 0 radical (unpaired) electrons. The third-order valence-corrected chi connectivity index (χ3v) is 3.05. The number of amides is 1. The normalized spacial score (nSPS) is 12.1. The minimum Gasteiger partial charge on any atom is -0.369 e. The predicted molar refractivity (Wildman–Crippen MR) is 66.7 cm³/mol. The maximum absolute atomic E-state index is 11.3. The number of nitrogens with two attached hydrogens (primary N) is 1. The van der Waals surface area contributed by atoms with E-state index in [4.69, 9.17) is 18.0 Å². The Hall–Kier alpha value is -1.10. The maximum atomic E-state index is 11.3. The molecule has 0 aliphatic carbocycles.